The number of amides is 2. The summed E-state index contributed by atoms with van der Waals surface area (Å²) in [4.78, 5) is 26.1. The number of hydrogen-bond acceptors (Lipinski definition) is 4. The van der Waals surface area contributed by atoms with Gasteiger partial charge in [0.25, 0.3) is 0 Å². The molecular weight excluding hydrogens is 401 g/mol. The van der Waals surface area contributed by atoms with Crippen LogP contribution in [0.2, 0.25) is 10.0 Å². The van der Waals surface area contributed by atoms with Crippen molar-refractivity contribution in [1.29, 1.82) is 0 Å². The van der Waals surface area contributed by atoms with Crippen LogP contribution in [0.4, 0.5) is 5.69 Å². The second-order valence-electron chi connectivity index (χ2n) is 6.41. The zero-order valence-electron chi connectivity index (χ0n) is 16.0. The van der Waals surface area contributed by atoms with E-state index in [1.165, 1.54) is 7.11 Å². The number of rotatable bonds is 8. The minimum Gasteiger partial charge on any atom is -0.495 e. The first-order valence-corrected chi connectivity index (χ1v) is 9.41. The van der Waals surface area contributed by atoms with Gasteiger partial charge in [-0.3, -0.25) is 14.5 Å². The number of ether oxygens (including phenoxy) is 1. The predicted molar refractivity (Wildman–Crippen MR) is 112 cm³/mol. The lowest BCUT2D eigenvalue weighted by molar-refractivity contribution is -0.123. The van der Waals surface area contributed by atoms with E-state index in [9.17, 15) is 9.59 Å². The number of halogens is 2. The number of hydrogen-bond donors (Lipinski definition) is 2. The molecule has 0 saturated carbocycles. The highest BCUT2D eigenvalue weighted by atomic mass is 35.5. The van der Waals surface area contributed by atoms with Crippen molar-refractivity contribution in [1.82, 2.24) is 10.2 Å². The smallest absolute Gasteiger partial charge is 0.238 e. The Kier molecular flexibility index (Phi) is 8.11. The summed E-state index contributed by atoms with van der Waals surface area (Å²) in [5, 5.41) is 6.78. The highest BCUT2D eigenvalue weighted by Crippen LogP contribution is 2.27. The van der Waals surface area contributed by atoms with Gasteiger partial charge in [-0.25, -0.2) is 0 Å². The Hall–Kier alpha value is -2.28. The molecule has 0 aromatic heterocycles. The maximum absolute atomic E-state index is 12.3. The molecule has 28 heavy (non-hydrogen) atoms. The molecule has 6 nitrogen and oxygen atoms in total. The maximum Gasteiger partial charge on any atom is 0.238 e. The second kappa shape index (κ2) is 10.3. The van der Waals surface area contributed by atoms with E-state index in [4.69, 9.17) is 27.9 Å². The Morgan fingerprint density at radius 1 is 1.04 bits per heavy atom. The van der Waals surface area contributed by atoms with Crippen molar-refractivity contribution >= 4 is 40.7 Å². The number of likely N-dealkylation sites (N-methyl/N-ethyl adjacent to an activating group) is 1. The molecule has 2 aromatic rings. The number of methoxy groups -OCH3 is 1. The molecule has 2 rings (SSSR count). The van der Waals surface area contributed by atoms with Crippen LogP contribution in [0.1, 0.15) is 18.5 Å². The molecule has 150 valence electrons. The first-order chi connectivity index (χ1) is 13.3. The summed E-state index contributed by atoms with van der Waals surface area (Å²) < 4.78 is 5.20. The second-order valence-corrected chi connectivity index (χ2v) is 7.28. The fourth-order valence-corrected chi connectivity index (χ4v) is 2.93. The Bertz CT molecular complexity index is 828. The molecule has 0 radical (unpaired) electrons. The van der Waals surface area contributed by atoms with Crippen LogP contribution in [0.15, 0.2) is 42.5 Å². The van der Waals surface area contributed by atoms with E-state index >= 15 is 0 Å². The van der Waals surface area contributed by atoms with E-state index in [-0.39, 0.29) is 30.9 Å². The zero-order chi connectivity index (χ0) is 20.7. The van der Waals surface area contributed by atoms with E-state index in [1.54, 1.807) is 42.3 Å². The van der Waals surface area contributed by atoms with Crippen LogP contribution in [-0.2, 0) is 9.59 Å². The molecule has 2 amide bonds. The molecule has 2 aromatic carbocycles. The topological polar surface area (TPSA) is 70.7 Å². The quantitative estimate of drug-likeness (QED) is 0.677. The largest absolute Gasteiger partial charge is 0.495 e. The van der Waals surface area contributed by atoms with Crippen molar-refractivity contribution in [3.8, 4) is 5.75 Å². The third kappa shape index (κ3) is 6.71. The van der Waals surface area contributed by atoms with Gasteiger partial charge in [0.2, 0.25) is 11.8 Å². The van der Waals surface area contributed by atoms with Crippen LogP contribution < -0.4 is 15.4 Å². The lowest BCUT2D eigenvalue weighted by Crippen LogP contribution is -2.39. The third-order valence-electron chi connectivity index (χ3n) is 4.01. The van der Waals surface area contributed by atoms with Gasteiger partial charge in [-0.15, -0.1) is 0 Å². The molecule has 0 bridgehead atoms. The van der Waals surface area contributed by atoms with Gasteiger partial charge in [0.15, 0.2) is 0 Å². The first-order valence-electron chi connectivity index (χ1n) is 8.65. The van der Waals surface area contributed by atoms with E-state index in [0.717, 1.165) is 5.56 Å². The van der Waals surface area contributed by atoms with Crippen molar-refractivity contribution in [2.45, 2.75) is 13.0 Å². The van der Waals surface area contributed by atoms with Gasteiger partial charge in [0.1, 0.15) is 5.75 Å². The SMILES string of the molecule is COc1ccc(Cl)cc1NC(=O)CN(C)CC(=O)NC(C)c1ccc(Cl)cc1. The normalized spacial score (nSPS) is 11.8. The first kappa shape index (κ1) is 22.0. The molecule has 0 spiro atoms. The van der Waals surface area contributed by atoms with Gasteiger partial charge < -0.3 is 15.4 Å². The van der Waals surface area contributed by atoms with Gasteiger partial charge in [0.05, 0.1) is 31.9 Å². The summed E-state index contributed by atoms with van der Waals surface area (Å²) in [5.74, 6) is 0.0506. The fraction of sp³-hybridized carbons (Fsp3) is 0.300. The lowest BCUT2D eigenvalue weighted by atomic mass is 10.1. The molecule has 0 heterocycles. The van der Waals surface area contributed by atoms with Crippen molar-refractivity contribution in [2.24, 2.45) is 0 Å². The van der Waals surface area contributed by atoms with Gasteiger partial charge in [0, 0.05) is 10.0 Å². The van der Waals surface area contributed by atoms with E-state index in [0.29, 0.717) is 21.5 Å². The van der Waals surface area contributed by atoms with Crippen LogP contribution in [0.3, 0.4) is 0 Å². The summed E-state index contributed by atoms with van der Waals surface area (Å²) in [6.07, 6.45) is 0. The lowest BCUT2D eigenvalue weighted by Gasteiger charge is -2.19. The van der Waals surface area contributed by atoms with Crippen molar-refractivity contribution in [3.05, 3.63) is 58.1 Å². The minimum atomic E-state index is -0.276. The summed E-state index contributed by atoms with van der Waals surface area (Å²) in [6.45, 7) is 2.01. The summed E-state index contributed by atoms with van der Waals surface area (Å²) in [6, 6.07) is 12.1. The number of anilines is 1. The molecule has 1 atom stereocenters. The average molecular weight is 424 g/mol. The standard InChI is InChI=1S/C20H23Cl2N3O3/c1-13(14-4-6-15(21)7-5-14)23-19(26)11-25(2)12-20(27)24-17-10-16(22)8-9-18(17)28-3/h4-10,13H,11-12H2,1-3H3,(H,23,26)(H,24,27). The molecule has 8 heteroatoms. The molecule has 0 fully saturated rings. The Morgan fingerprint density at radius 2 is 1.64 bits per heavy atom. The van der Waals surface area contributed by atoms with Crippen LogP contribution in [-0.4, -0.2) is 44.0 Å². The zero-order valence-corrected chi connectivity index (χ0v) is 17.5. The van der Waals surface area contributed by atoms with Crippen LogP contribution >= 0.6 is 23.2 Å². The van der Waals surface area contributed by atoms with Gasteiger partial charge >= 0.3 is 0 Å². The molecule has 0 aliphatic heterocycles. The Balaban J connectivity index is 1.84. The maximum atomic E-state index is 12.3. The molecule has 1 unspecified atom stereocenters. The van der Waals surface area contributed by atoms with Crippen LogP contribution in [0.25, 0.3) is 0 Å². The van der Waals surface area contributed by atoms with E-state index in [1.807, 2.05) is 19.1 Å². The fourth-order valence-electron chi connectivity index (χ4n) is 2.64. The minimum absolute atomic E-state index is 0.0401. The average Bonchev–Trinajstić information content (AvgIpc) is 2.61. The summed E-state index contributed by atoms with van der Waals surface area (Å²) in [5.41, 5.74) is 1.43. The van der Waals surface area contributed by atoms with Crippen molar-refractivity contribution < 1.29 is 14.3 Å². The van der Waals surface area contributed by atoms with Crippen LogP contribution in [0.5, 0.6) is 5.75 Å². The van der Waals surface area contributed by atoms with Crippen molar-refractivity contribution in [3.63, 3.8) is 0 Å². The highest BCUT2D eigenvalue weighted by Gasteiger charge is 2.15. The van der Waals surface area contributed by atoms with E-state index in [2.05, 4.69) is 10.6 Å². The summed E-state index contributed by atoms with van der Waals surface area (Å²) in [7, 11) is 3.21. The van der Waals surface area contributed by atoms with Gasteiger partial charge in [-0.05, 0) is 49.9 Å². The number of nitrogens with zero attached hydrogens (tertiary/aromatic N) is 1. The Labute approximate surface area is 174 Å². The third-order valence-corrected chi connectivity index (χ3v) is 4.50. The van der Waals surface area contributed by atoms with Gasteiger partial charge in [-0.2, -0.15) is 0 Å². The predicted octanol–water partition coefficient (Wildman–Crippen LogP) is 3.75. The molecular formula is C20H23Cl2N3O3. The van der Waals surface area contributed by atoms with Crippen molar-refractivity contribution in [2.75, 3.05) is 32.6 Å². The molecule has 2 N–H and O–H groups in total. The number of nitrogens with one attached hydrogen (secondary N) is 2. The van der Waals surface area contributed by atoms with E-state index < -0.39 is 0 Å². The number of carbonyl (C=O) groups is 2. The molecule has 0 saturated heterocycles. The monoisotopic (exact) mass is 423 g/mol. The van der Waals surface area contributed by atoms with Gasteiger partial charge in [-0.1, -0.05) is 35.3 Å². The van der Waals surface area contributed by atoms with Crippen LogP contribution in [0, 0.1) is 0 Å². The summed E-state index contributed by atoms with van der Waals surface area (Å²) >= 11 is 11.8. The molecule has 0 aliphatic carbocycles. The number of carbonyl (C=O) groups excluding carboxylic acids is 2. The Morgan fingerprint density at radius 3 is 2.29 bits per heavy atom. The number of benzene rings is 2. The molecule has 0 aliphatic rings. The highest BCUT2D eigenvalue weighted by molar-refractivity contribution is 6.31.